The third-order valence-corrected chi connectivity index (χ3v) is 4.00. The Labute approximate surface area is 123 Å². The number of aromatic amines is 1. The molecular formula is C14H22N4O3. The standard InChI is InChI=1S/C14H22N4O3/c1-2-9-3-4-16-11(5-9)13(19)18-12(14(20)21)6-10-7-15-8-17-10/h7-9,11-12,16H,2-6H2,1H3,(H,15,17)(H,18,19)(H,20,21)/t9?,11?,12-/m0/s1. The van der Waals surface area contributed by atoms with Crippen molar-refractivity contribution in [3.63, 3.8) is 0 Å². The van der Waals surface area contributed by atoms with E-state index in [-0.39, 0.29) is 18.4 Å². The lowest BCUT2D eigenvalue weighted by atomic mass is 9.90. The molecule has 0 radical (unpaired) electrons. The van der Waals surface area contributed by atoms with Gasteiger partial charge in [-0.05, 0) is 25.3 Å². The van der Waals surface area contributed by atoms with Crippen molar-refractivity contribution in [2.24, 2.45) is 5.92 Å². The normalized spacial score (nSPS) is 23.5. The topological polar surface area (TPSA) is 107 Å². The van der Waals surface area contributed by atoms with Gasteiger partial charge in [-0.2, -0.15) is 0 Å². The van der Waals surface area contributed by atoms with Crippen LogP contribution in [0.15, 0.2) is 12.5 Å². The molecule has 1 aromatic heterocycles. The Bertz CT molecular complexity index is 475. The van der Waals surface area contributed by atoms with E-state index in [0.717, 1.165) is 25.8 Å². The number of carbonyl (C=O) groups excluding carboxylic acids is 1. The zero-order valence-corrected chi connectivity index (χ0v) is 12.1. The van der Waals surface area contributed by atoms with Crippen LogP contribution in [0.4, 0.5) is 0 Å². The fourth-order valence-corrected chi connectivity index (χ4v) is 2.66. The molecule has 0 aliphatic carbocycles. The maximum Gasteiger partial charge on any atom is 0.326 e. The second-order valence-corrected chi connectivity index (χ2v) is 5.49. The van der Waals surface area contributed by atoms with Crippen molar-refractivity contribution in [1.29, 1.82) is 0 Å². The van der Waals surface area contributed by atoms with Crippen molar-refractivity contribution in [3.05, 3.63) is 18.2 Å². The zero-order chi connectivity index (χ0) is 15.2. The Morgan fingerprint density at radius 3 is 3.00 bits per heavy atom. The molecule has 0 spiro atoms. The van der Waals surface area contributed by atoms with E-state index in [4.69, 9.17) is 0 Å². The van der Waals surface area contributed by atoms with E-state index >= 15 is 0 Å². The quantitative estimate of drug-likeness (QED) is 0.603. The summed E-state index contributed by atoms with van der Waals surface area (Å²) in [7, 11) is 0. The first kappa shape index (κ1) is 15.5. The number of carboxylic acid groups (broad SMARTS) is 1. The average Bonchev–Trinajstić information content (AvgIpc) is 2.99. The van der Waals surface area contributed by atoms with Crippen LogP contribution in [-0.4, -0.2) is 45.6 Å². The molecule has 1 saturated heterocycles. The highest BCUT2D eigenvalue weighted by molar-refractivity contribution is 5.87. The van der Waals surface area contributed by atoms with Crippen LogP contribution >= 0.6 is 0 Å². The largest absolute Gasteiger partial charge is 0.480 e. The molecule has 4 N–H and O–H groups in total. The lowest BCUT2D eigenvalue weighted by Gasteiger charge is -2.29. The van der Waals surface area contributed by atoms with E-state index in [2.05, 4.69) is 27.5 Å². The van der Waals surface area contributed by atoms with E-state index in [1.165, 1.54) is 6.33 Å². The van der Waals surface area contributed by atoms with Crippen molar-refractivity contribution in [3.8, 4) is 0 Å². The summed E-state index contributed by atoms with van der Waals surface area (Å²) in [5.41, 5.74) is 0.686. The summed E-state index contributed by atoms with van der Waals surface area (Å²) in [5, 5.41) is 15.0. The van der Waals surface area contributed by atoms with Gasteiger partial charge in [0.25, 0.3) is 0 Å². The van der Waals surface area contributed by atoms with Gasteiger partial charge in [-0.25, -0.2) is 9.78 Å². The van der Waals surface area contributed by atoms with Crippen LogP contribution in [0.25, 0.3) is 0 Å². The van der Waals surface area contributed by atoms with Crippen molar-refractivity contribution < 1.29 is 14.7 Å². The number of carbonyl (C=O) groups is 2. The molecule has 7 heteroatoms. The van der Waals surface area contributed by atoms with E-state index in [9.17, 15) is 14.7 Å². The summed E-state index contributed by atoms with van der Waals surface area (Å²) >= 11 is 0. The predicted octanol–water partition coefficient (Wildman–Crippen LogP) is 0.300. The fraction of sp³-hybridized carbons (Fsp3) is 0.643. The highest BCUT2D eigenvalue weighted by Gasteiger charge is 2.29. The molecule has 0 aromatic carbocycles. The third kappa shape index (κ3) is 4.29. The lowest BCUT2D eigenvalue weighted by Crippen LogP contribution is -2.53. The van der Waals surface area contributed by atoms with Crippen molar-refractivity contribution in [1.82, 2.24) is 20.6 Å². The number of aliphatic carboxylic acids is 1. The van der Waals surface area contributed by atoms with Crippen LogP contribution in [0.1, 0.15) is 31.9 Å². The molecule has 1 aliphatic rings. The molecule has 2 heterocycles. The molecule has 1 aliphatic heterocycles. The number of piperidine rings is 1. The molecule has 3 atom stereocenters. The van der Waals surface area contributed by atoms with Crippen LogP contribution in [-0.2, 0) is 16.0 Å². The minimum atomic E-state index is -1.04. The summed E-state index contributed by atoms with van der Waals surface area (Å²) in [6.07, 6.45) is 6.13. The van der Waals surface area contributed by atoms with Gasteiger partial charge in [0.1, 0.15) is 6.04 Å². The maximum atomic E-state index is 12.2. The van der Waals surface area contributed by atoms with Crippen LogP contribution in [0.3, 0.4) is 0 Å². The van der Waals surface area contributed by atoms with Crippen molar-refractivity contribution >= 4 is 11.9 Å². The SMILES string of the molecule is CCC1CCNC(C(=O)N[C@@H](Cc2cnc[nH]2)C(=O)O)C1. The Balaban J connectivity index is 1.93. The van der Waals surface area contributed by atoms with Gasteiger partial charge in [-0.3, -0.25) is 4.79 Å². The number of nitrogens with one attached hydrogen (secondary N) is 3. The van der Waals surface area contributed by atoms with Crippen LogP contribution < -0.4 is 10.6 Å². The van der Waals surface area contributed by atoms with Gasteiger partial charge in [-0.1, -0.05) is 13.3 Å². The number of H-pyrrole nitrogens is 1. The molecule has 116 valence electrons. The maximum absolute atomic E-state index is 12.2. The molecule has 7 nitrogen and oxygen atoms in total. The zero-order valence-electron chi connectivity index (χ0n) is 12.1. The van der Waals surface area contributed by atoms with Crippen LogP contribution in [0.5, 0.6) is 0 Å². The number of amides is 1. The number of nitrogens with zero attached hydrogens (tertiary/aromatic N) is 1. The van der Waals surface area contributed by atoms with Gasteiger partial charge < -0.3 is 20.7 Å². The number of hydrogen-bond donors (Lipinski definition) is 4. The van der Waals surface area contributed by atoms with E-state index < -0.39 is 12.0 Å². The third-order valence-electron chi connectivity index (χ3n) is 4.00. The minimum Gasteiger partial charge on any atom is -0.480 e. The second-order valence-electron chi connectivity index (χ2n) is 5.49. The van der Waals surface area contributed by atoms with Gasteiger partial charge in [0.2, 0.25) is 5.91 Å². The van der Waals surface area contributed by atoms with Gasteiger partial charge in [0, 0.05) is 18.3 Å². The fourth-order valence-electron chi connectivity index (χ4n) is 2.66. The first-order valence-corrected chi connectivity index (χ1v) is 7.34. The smallest absolute Gasteiger partial charge is 0.326 e. The Hall–Kier alpha value is -1.89. The highest BCUT2D eigenvalue weighted by atomic mass is 16.4. The van der Waals surface area contributed by atoms with Gasteiger partial charge in [0.15, 0.2) is 0 Å². The van der Waals surface area contributed by atoms with Gasteiger partial charge >= 0.3 is 5.97 Å². The number of imidazole rings is 1. The number of carboxylic acids is 1. The summed E-state index contributed by atoms with van der Waals surface area (Å²) in [4.78, 5) is 30.2. The predicted molar refractivity (Wildman–Crippen MR) is 76.7 cm³/mol. The van der Waals surface area contributed by atoms with E-state index in [1.54, 1.807) is 6.20 Å². The molecule has 2 unspecified atom stereocenters. The summed E-state index contributed by atoms with van der Waals surface area (Å²) in [5.74, 6) is -0.751. The lowest BCUT2D eigenvalue weighted by molar-refractivity contribution is -0.142. The first-order chi connectivity index (χ1) is 10.1. The Kier molecular flexibility index (Phi) is 5.32. The molecule has 1 fully saturated rings. The molecule has 21 heavy (non-hydrogen) atoms. The molecule has 1 amide bonds. The first-order valence-electron chi connectivity index (χ1n) is 7.34. The molecule has 1 aromatic rings. The number of rotatable bonds is 6. The number of aromatic nitrogens is 2. The van der Waals surface area contributed by atoms with Crippen molar-refractivity contribution in [2.45, 2.75) is 44.7 Å². The molecular weight excluding hydrogens is 272 g/mol. The van der Waals surface area contributed by atoms with E-state index in [0.29, 0.717) is 11.6 Å². The molecule has 2 rings (SSSR count). The van der Waals surface area contributed by atoms with Crippen LogP contribution in [0.2, 0.25) is 0 Å². The summed E-state index contributed by atoms with van der Waals surface area (Å²) in [6, 6.07) is -1.24. The summed E-state index contributed by atoms with van der Waals surface area (Å²) in [6.45, 7) is 2.91. The molecule has 0 saturated carbocycles. The monoisotopic (exact) mass is 294 g/mol. The highest BCUT2D eigenvalue weighted by Crippen LogP contribution is 2.19. The minimum absolute atomic E-state index is 0.199. The Morgan fingerprint density at radius 1 is 1.57 bits per heavy atom. The molecule has 0 bridgehead atoms. The van der Waals surface area contributed by atoms with Gasteiger partial charge in [0.05, 0.1) is 12.4 Å². The average molecular weight is 294 g/mol. The van der Waals surface area contributed by atoms with E-state index in [1.807, 2.05) is 0 Å². The van der Waals surface area contributed by atoms with Crippen LogP contribution in [0, 0.1) is 5.92 Å². The summed E-state index contributed by atoms with van der Waals surface area (Å²) < 4.78 is 0. The van der Waals surface area contributed by atoms with Crippen molar-refractivity contribution in [2.75, 3.05) is 6.54 Å². The Morgan fingerprint density at radius 2 is 2.38 bits per heavy atom. The van der Waals surface area contributed by atoms with Gasteiger partial charge in [-0.15, -0.1) is 0 Å². The second kappa shape index (κ2) is 7.21. The number of hydrogen-bond acceptors (Lipinski definition) is 4.